The lowest BCUT2D eigenvalue weighted by Gasteiger charge is -2.39. The summed E-state index contributed by atoms with van der Waals surface area (Å²) in [6.45, 7) is 8.02. The van der Waals surface area contributed by atoms with Crippen LogP contribution in [0.3, 0.4) is 0 Å². The minimum Gasteiger partial charge on any atom is -0.493 e. The second kappa shape index (κ2) is 10.5. The zero-order chi connectivity index (χ0) is 25.9. The van der Waals surface area contributed by atoms with E-state index >= 15 is 0 Å². The SMILES string of the molecule is CCCCCOC(=O)C1=C(C)NC2=C(C(=O)CC(C)(C)C2)[C@@H]1c1cc(OC)c(OC)cc1[N+](=O)[O-]. The highest BCUT2D eigenvalue weighted by molar-refractivity contribution is 6.04. The molecule has 9 heteroatoms. The largest absolute Gasteiger partial charge is 0.493 e. The Hall–Kier alpha value is -3.36. The molecule has 3 rings (SSSR count). The van der Waals surface area contributed by atoms with Gasteiger partial charge in [-0.25, -0.2) is 4.79 Å². The van der Waals surface area contributed by atoms with Crippen molar-refractivity contribution < 1.29 is 28.7 Å². The normalized spacial score (nSPS) is 19.1. The number of hydrogen-bond acceptors (Lipinski definition) is 8. The van der Waals surface area contributed by atoms with Crippen molar-refractivity contribution in [3.05, 3.63) is 50.4 Å². The van der Waals surface area contributed by atoms with Crippen LogP contribution in [-0.4, -0.2) is 37.5 Å². The predicted octanol–water partition coefficient (Wildman–Crippen LogP) is 4.95. The van der Waals surface area contributed by atoms with Crippen molar-refractivity contribution >= 4 is 17.4 Å². The molecule has 1 aromatic carbocycles. The van der Waals surface area contributed by atoms with Crippen LogP contribution in [-0.2, 0) is 14.3 Å². The second-order valence-electron chi connectivity index (χ2n) is 9.80. The number of allylic oxidation sites excluding steroid dienone is 3. The molecule has 2 aliphatic rings. The fraction of sp³-hybridized carbons (Fsp3) is 0.538. The minimum absolute atomic E-state index is 0.151. The first-order valence-corrected chi connectivity index (χ1v) is 11.9. The van der Waals surface area contributed by atoms with Crippen LogP contribution >= 0.6 is 0 Å². The van der Waals surface area contributed by atoms with E-state index in [1.807, 2.05) is 13.8 Å². The molecule has 1 aliphatic heterocycles. The molecule has 0 saturated carbocycles. The number of methoxy groups -OCH3 is 2. The number of ether oxygens (including phenoxy) is 3. The van der Waals surface area contributed by atoms with Gasteiger partial charge in [0.15, 0.2) is 17.3 Å². The van der Waals surface area contributed by atoms with Gasteiger partial charge < -0.3 is 19.5 Å². The molecule has 1 atom stereocenters. The lowest BCUT2D eigenvalue weighted by Crippen LogP contribution is -2.39. The summed E-state index contributed by atoms with van der Waals surface area (Å²) in [7, 11) is 2.82. The zero-order valence-corrected chi connectivity index (χ0v) is 21.3. The summed E-state index contributed by atoms with van der Waals surface area (Å²) in [6, 6.07) is 2.76. The minimum atomic E-state index is -0.964. The summed E-state index contributed by atoms with van der Waals surface area (Å²) in [4.78, 5) is 38.4. The average Bonchev–Trinajstić information content (AvgIpc) is 2.78. The first kappa shape index (κ1) is 26.2. The third-order valence-corrected chi connectivity index (χ3v) is 6.48. The van der Waals surface area contributed by atoms with Crippen molar-refractivity contribution in [1.82, 2.24) is 5.32 Å². The molecular formula is C26H34N2O7. The molecule has 1 aliphatic carbocycles. The Morgan fingerprint density at radius 1 is 1.17 bits per heavy atom. The van der Waals surface area contributed by atoms with Gasteiger partial charge in [-0.15, -0.1) is 0 Å². The van der Waals surface area contributed by atoms with Crippen molar-refractivity contribution in [1.29, 1.82) is 0 Å². The summed E-state index contributed by atoms with van der Waals surface area (Å²) < 4.78 is 16.3. The molecule has 0 aromatic heterocycles. The predicted molar refractivity (Wildman–Crippen MR) is 130 cm³/mol. The third-order valence-electron chi connectivity index (χ3n) is 6.48. The number of esters is 1. The van der Waals surface area contributed by atoms with Crippen LogP contribution in [0, 0.1) is 15.5 Å². The first-order valence-electron chi connectivity index (χ1n) is 11.9. The van der Waals surface area contributed by atoms with Crippen LogP contribution in [0.5, 0.6) is 11.5 Å². The lowest BCUT2D eigenvalue weighted by molar-refractivity contribution is -0.385. The number of nitro groups is 1. The summed E-state index contributed by atoms with van der Waals surface area (Å²) in [5.74, 6) is -1.25. The fourth-order valence-electron chi connectivity index (χ4n) is 4.89. The number of Topliss-reactive ketones (excluding diaryl/α,β-unsaturated/α-hetero) is 1. The van der Waals surface area contributed by atoms with Gasteiger partial charge in [-0.2, -0.15) is 0 Å². The zero-order valence-electron chi connectivity index (χ0n) is 21.3. The maximum atomic E-state index is 13.5. The van der Waals surface area contributed by atoms with Crippen molar-refractivity contribution in [3.63, 3.8) is 0 Å². The van der Waals surface area contributed by atoms with E-state index in [9.17, 15) is 19.7 Å². The molecule has 0 saturated heterocycles. The second-order valence-corrected chi connectivity index (χ2v) is 9.80. The number of hydrogen-bond donors (Lipinski definition) is 1. The number of benzene rings is 1. The summed E-state index contributed by atoms with van der Waals surface area (Å²) in [6.07, 6.45) is 3.44. The van der Waals surface area contributed by atoms with Gasteiger partial charge in [-0.3, -0.25) is 14.9 Å². The highest BCUT2D eigenvalue weighted by Gasteiger charge is 2.45. The molecule has 0 spiro atoms. The van der Waals surface area contributed by atoms with E-state index < -0.39 is 16.8 Å². The smallest absolute Gasteiger partial charge is 0.336 e. The van der Waals surface area contributed by atoms with Gasteiger partial charge in [-0.1, -0.05) is 33.6 Å². The Labute approximate surface area is 205 Å². The molecule has 35 heavy (non-hydrogen) atoms. The number of carbonyl (C=O) groups excluding carboxylic acids is 2. The van der Waals surface area contributed by atoms with Gasteiger partial charge >= 0.3 is 5.97 Å². The molecule has 1 N–H and O–H groups in total. The highest BCUT2D eigenvalue weighted by Crippen LogP contribution is 2.50. The molecule has 1 heterocycles. The quantitative estimate of drug-likeness (QED) is 0.226. The molecule has 190 valence electrons. The van der Waals surface area contributed by atoms with Crippen LogP contribution in [0.1, 0.15) is 71.3 Å². The Bertz CT molecular complexity index is 1100. The molecule has 0 fully saturated rings. The van der Waals surface area contributed by atoms with E-state index in [4.69, 9.17) is 14.2 Å². The highest BCUT2D eigenvalue weighted by atomic mass is 16.6. The maximum Gasteiger partial charge on any atom is 0.336 e. The molecule has 0 unspecified atom stereocenters. The number of dihydropyridines is 1. The summed E-state index contributed by atoms with van der Waals surface area (Å²) >= 11 is 0. The lowest BCUT2D eigenvalue weighted by atomic mass is 9.68. The van der Waals surface area contributed by atoms with E-state index in [1.165, 1.54) is 26.4 Å². The van der Waals surface area contributed by atoms with Crippen molar-refractivity contribution in [2.45, 2.75) is 65.7 Å². The van der Waals surface area contributed by atoms with Crippen LogP contribution in [0.2, 0.25) is 0 Å². The number of unbranched alkanes of at least 4 members (excludes halogenated alkanes) is 2. The summed E-state index contributed by atoms with van der Waals surface area (Å²) in [5, 5.41) is 15.4. The van der Waals surface area contributed by atoms with Crippen LogP contribution in [0.15, 0.2) is 34.7 Å². The van der Waals surface area contributed by atoms with Crippen LogP contribution in [0.25, 0.3) is 0 Å². The van der Waals surface area contributed by atoms with Gasteiger partial charge in [0.2, 0.25) is 0 Å². The third kappa shape index (κ3) is 5.33. The fourth-order valence-corrected chi connectivity index (χ4v) is 4.89. The van der Waals surface area contributed by atoms with Gasteiger partial charge in [0, 0.05) is 29.0 Å². The number of nitro benzene ring substituents is 1. The van der Waals surface area contributed by atoms with Crippen LogP contribution in [0.4, 0.5) is 5.69 Å². The van der Waals surface area contributed by atoms with E-state index in [2.05, 4.69) is 12.2 Å². The van der Waals surface area contributed by atoms with Gasteiger partial charge in [0.05, 0.1) is 43.3 Å². The topological polar surface area (TPSA) is 117 Å². The Kier molecular flexibility index (Phi) is 7.87. The van der Waals surface area contributed by atoms with Crippen LogP contribution < -0.4 is 14.8 Å². The molecular weight excluding hydrogens is 452 g/mol. The summed E-state index contributed by atoms with van der Waals surface area (Å²) in [5.41, 5.74) is 1.41. The van der Waals surface area contributed by atoms with E-state index in [0.29, 0.717) is 29.8 Å². The molecule has 0 amide bonds. The Morgan fingerprint density at radius 3 is 2.43 bits per heavy atom. The molecule has 9 nitrogen and oxygen atoms in total. The van der Waals surface area contributed by atoms with Gasteiger partial charge in [0.25, 0.3) is 5.69 Å². The molecule has 1 aromatic rings. The Morgan fingerprint density at radius 2 is 1.83 bits per heavy atom. The average molecular weight is 487 g/mol. The number of nitrogens with one attached hydrogen (secondary N) is 1. The van der Waals surface area contributed by atoms with E-state index in [1.54, 1.807) is 6.92 Å². The number of nitrogens with zero attached hydrogens (tertiary/aromatic N) is 1. The van der Waals surface area contributed by atoms with Gasteiger partial charge in [0.1, 0.15) is 0 Å². The maximum absolute atomic E-state index is 13.5. The van der Waals surface area contributed by atoms with Gasteiger partial charge in [-0.05, 0) is 31.2 Å². The van der Waals surface area contributed by atoms with E-state index in [0.717, 1.165) is 12.8 Å². The number of ketones is 1. The number of carbonyl (C=O) groups is 2. The Balaban J connectivity index is 2.23. The molecule has 0 bridgehead atoms. The monoisotopic (exact) mass is 486 g/mol. The molecule has 0 radical (unpaired) electrons. The number of rotatable bonds is 9. The van der Waals surface area contributed by atoms with Crippen molar-refractivity contribution in [2.24, 2.45) is 5.41 Å². The standard InChI is InChI=1S/C26H34N2O7/c1-7-8-9-10-35-25(30)22-15(2)27-17-13-26(3,4)14-19(29)24(17)23(22)16-11-20(33-5)21(34-6)12-18(16)28(31)32/h11-12,23,27H,7-10,13-14H2,1-6H3/t23-/m1/s1. The van der Waals surface area contributed by atoms with Crippen molar-refractivity contribution in [2.75, 3.05) is 20.8 Å². The van der Waals surface area contributed by atoms with E-state index in [-0.39, 0.29) is 52.5 Å². The van der Waals surface area contributed by atoms with Crippen molar-refractivity contribution in [3.8, 4) is 11.5 Å². The first-order chi connectivity index (χ1) is 16.5.